The molecule has 0 fully saturated rings. The number of hydrogen-bond donors (Lipinski definition) is 1. The fourth-order valence-electron chi connectivity index (χ4n) is 3.43. The molecule has 0 spiro atoms. The van der Waals surface area contributed by atoms with Gasteiger partial charge in [-0.05, 0) is 42.8 Å². The number of para-hydroxylation sites is 1. The van der Waals surface area contributed by atoms with Crippen molar-refractivity contribution in [3.05, 3.63) is 83.4 Å². The molecule has 6 heteroatoms. The number of aromatic nitrogens is 2. The second kappa shape index (κ2) is 8.28. The topological polar surface area (TPSA) is 41.1 Å². The third-order valence-electron chi connectivity index (χ3n) is 5.09. The van der Waals surface area contributed by atoms with E-state index in [2.05, 4.69) is 15.3 Å². The fourth-order valence-corrected chi connectivity index (χ4v) is 3.64. The van der Waals surface area contributed by atoms with Gasteiger partial charge < -0.3 is 10.2 Å². The van der Waals surface area contributed by atoms with Crippen LogP contribution < -0.4 is 10.2 Å². The van der Waals surface area contributed by atoms with E-state index in [-0.39, 0.29) is 11.9 Å². The smallest absolute Gasteiger partial charge is 0.128 e. The number of nitrogens with one attached hydrogen (secondary N) is 1. The second-order valence-corrected chi connectivity index (χ2v) is 7.81. The number of halogens is 2. The van der Waals surface area contributed by atoms with Gasteiger partial charge in [0.15, 0.2) is 0 Å². The first kappa shape index (κ1) is 20.1. The predicted octanol–water partition coefficient (Wildman–Crippen LogP) is 6.33. The van der Waals surface area contributed by atoms with Gasteiger partial charge in [0, 0.05) is 43.0 Å². The molecule has 0 amide bonds. The Balaban J connectivity index is 1.67. The lowest BCUT2D eigenvalue weighted by Crippen LogP contribution is -2.10. The first-order valence-electron chi connectivity index (χ1n) is 9.67. The molecule has 1 atom stereocenters. The summed E-state index contributed by atoms with van der Waals surface area (Å²) in [4.78, 5) is 10.8. The van der Waals surface area contributed by atoms with Crippen molar-refractivity contribution in [2.45, 2.75) is 13.0 Å². The standard InChI is InChI=1S/C24H22ClFN4/c1-15(29-24-18-6-4-5-7-22(18)27-14-20(24)25)19-12-16(8-10-21(19)26)17-9-11-23(28-13-17)30(2)3/h4-15H,1-3H3,(H,27,29)/t15-/m1/s1. The number of pyridine rings is 2. The van der Waals surface area contributed by atoms with Crippen molar-refractivity contribution in [2.75, 3.05) is 24.3 Å². The summed E-state index contributed by atoms with van der Waals surface area (Å²) in [5.74, 6) is 0.599. The molecule has 4 nitrogen and oxygen atoms in total. The molecule has 30 heavy (non-hydrogen) atoms. The van der Waals surface area contributed by atoms with E-state index in [1.165, 1.54) is 6.07 Å². The molecule has 0 aliphatic carbocycles. The molecule has 0 aliphatic heterocycles. The summed E-state index contributed by atoms with van der Waals surface area (Å²) in [5.41, 5.74) is 3.97. The van der Waals surface area contributed by atoms with Crippen molar-refractivity contribution in [3.63, 3.8) is 0 Å². The fraction of sp³-hybridized carbons (Fsp3) is 0.167. The largest absolute Gasteiger partial charge is 0.377 e. The third kappa shape index (κ3) is 3.94. The highest BCUT2D eigenvalue weighted by Gasteiger charge is 2.16. The highest BCUT2D eigenvalue weighted by Crippen LogP contribution is 2.34. The van der Waals surface area contributed by atoms with Gasteiger partial charge in [-0.2, -0.15) is 0 Å². The van der Waals surface area contributed by atoms with Gasteiger partial charge in [-0.25, -0.2) is 9.37 Å². The lowest BCUT2D eigenvalue weighted by atomic mass is 10.00. The van der Waals surface area contributed by atoms with Crippen molar-refractivity contribution in [1.82, 2.24) is 9.97 Å². The molecule has 0 saturated heterocycles. The Hall–Kier alpha value is -3.18. The van der Waals surface area contributed by atoms with Crippen LogP contribution in [0.25, 0.3) is 22.0 Å². The number of rotatable bonds is 5. The van der Waals surface area contributed by atoms with E-state index in [0.29, 0.717) is 10.6 Å². The minimum absolute atomic E-state index is 0.272. The van der Waals surface area contributed by atoms with Crippen molar-refractivity contribution >= 4 is 34.0 Å². The van der Waals surface area contributed by atoms with Gasteiger partial charge in [-0.15, -0.1) is 0 Å². The maximum atomic E-state index is 14.7. The maximum absolute atomic E-state index is 14.7. The van der Waals surface area contributed by atoms with E-state index in [1.54, 1.807) is 18.5 Å². The van der Waals surface area contributed by atoms with E-state index < -0.39 is 0 Å². The molecule has 0 saturated carbocycles. The van der Waals surface area contributed by atoms with Crippen molar-refractivity contribution in [2.24, 2.45) is 0 Å². The molecule has 152 valence electrons. The molecular weight excluding hydrogens is 399 g/mol. The van der Waals surface area contributed by atoms with Gasteiger partial charge >= 0.3 is 0 Å². The Labute approximate surface area is 180 Å². The van der Waals surface area contributed by atoms with E-state index in [0.717, 1.165) is 33.5 Å². The SMILES string of the molecule is C[C@@H](Nc1c(Cl)cnc2ccccc12)c1cc(-c2ccc(N(C)C)nc2)ccc1F. The van der Waals surface area contributed by atoms with Crippen LogP contribution in [0.4, 0.5) is 15.9 Å². The zero-order valence-electron chi connectivity index (χ0n) is 17.0. The monoisotopic (exact) mass is 420 g/mol. The summed E-state index contributed by atoms with van der Waals surface area (Å²) in [6, 6.07) is 16.5. The van der Waals surface area contributed by atoms with E-state index in [1.807, 2.05) is 68.4 Å². The zero-order chi connectivity index (χ0) is 21.3. The number of hydrogen-bond acceptors (Lipinski definition) is 4. The summed E-state index contributed by atoms with van der Waals surface area (Å²) in [6.07, 6.45) is 3.42. The zero-order valence-corrected chi connectivity index (χ0v) is 17.8. The summed E-state index contributed by atoms with van der Waals surface area (Å²) in [7, 11) is 3.89. The van der Waals surface area contributed by atoms with Crippen LogP contribution in [0.5, 0.6) is 0 Å². The van der Waals surface area contributed by atoms with Crippen molar-refractivity contribution in [1.29, 1.82) is 0 Å². The Morgan fingerprint density at radius 2 is 1.73 bits per heavy atom. The number of benzene rings is 2. The van der Waals surface area contributed by atoms with Gasteiger partial charge in [-0.3, -0.25) is 4.98 Å². The van der Waals surface area contributed by atoms with E-state index >= 15 is 0 Å². The summed E-state index contributed by atoms with van der Waals surface area (Å²) in [6.45, 7) is 1.92. The Morgan fingerprint density at radius 3 is 2.47 bits per heavy atom. The van der Waals surface area contributed by atoms with Gasteiger partial charge in [-0.1, -0.05) is 35.9 Å². The average Bonchev–Trinajstić information content (AvgIpc) is 2.76. The van der Waals surface area contributed by atoms with Crippen LogP contribution in [0.3, 0.4) is 0 Å². The van der Waals surface area contributed by atoms with Crippen LogP contribution >= 0.6 is 11.6 Å². The Morgan fingerprint density at radius 1 is 0.967 bits per heavy atom. The number of nitrogens with zero attached hydrogens (tertiary/aromatic N) is 3. The highest BCUT2D eigenvalue weighted by atomic mass is 35.5. The van der Waals surface area contributed by atoms with Gasteiger partial charge in [0.05, 0.1) is 22.3 Å². The van der Waals surface area contributed by atoms with E-state index in [9.17, 15) is 4.39 Å². The highest BCUT2D eigenvalue weighted by molar-refractivity contribution is 6.34. The van der Waals surface area contributed by atoms with Crippen molar-refractivity contribution in [3.8, 4) is 11.1 Å². The Kier molecular flexibility index (Phi) is 5.55. The van der Waals surface area contributed by atoms with Crippen LogP contribution in [-0.2, 0) is 0 Å². The van der Waals surface area contributed by atoms with Crippen LogP contribution in [0.1, 0.15) is 18.5 Å². The summed E-state index contributed by atoms with van der Waals surface area (Å²) in [5, 5.41) is 4.78. The summed E-state index contributed by atoms with van der Waals surface area (Å²) >= 11 is 6.41. The normalized spacial score (nSPS) is 12.0. The molecule has 4 aromatic rings. The predicted molar refractivity (Wildman–Crippen MR) is 123 cm³/mol. The first-order valence-corrected chi connectivity index (χ1v) is 10.0. The molecule has 1 N–H and O–H groups in total. The molecule has 2 aromatic heterocycles. The van der Waals surface area contributed by atoms with Crippen LogP contribution in [0, 0.1) is 5.82 Å². The Bertz CT molecular complexity index is 1190. The molecule has 2 heterocycles. The number of anilines is 2. The lowest BCUT2D eigenvalue weighted by molar-refractivity contribution is 0.600. The van der Waals surface area contributed by atoms with Gasteiger partial charge in [0.1, 0.15) is 11.6 Å². The molecule has 0 unspecified atom stereocenters. The van der Waals surface area contributed by atoms with Gasteiger partial charge in [0.25, 0.3) is 0 Å². The number of fused-ring (bicyclic) bond motifs is 1. The molecule has 4 rings (SSSR count). The van der Waals surface area contributed by atoms with Gasteiger partial charge in [0.2, 0.25) is 0 Å². The molecule has 2 aromatic carbocycles. The quantitative estimate of drug-likeness (QED) is 0.409. The third-order valence-corrected chi connectivity index (χ3v) is 5.38. The molecule has 0 aliphatic rings. The first-order chi connectivity index (χ1) is 14.4. The van der Waals surface area contributed by atoms with Crippen LogP contribution in [0.2, 0.25) is 5.02 Å². The minimum Gasteiger partial charge on any atom is -0.377 e. The molecule has 0 radical (unpaired) electrons. The second-order valence-electron chi connectivity index (χ2n) is 7.40. The summed E-state index contributed by atoms with van der Waals surface area (Å²) < 4.78 is 14.7. The average molecular weight is 421 g/mol. The molecule has 0 bridgehead atoms. The minimum atomic E-state index is -0.303. The lowest BCUT2D eigenvalue weighted by Gasteiger charge is -2.20. The van der Waals surface area contributed by atoms with Crippen LogP contribution in [0.15, 0.2) is 67.0 Å². The van der Waals surface area contributed by atoms with Crippen LogP contribution in [-0.4, -0.2) is 24.1 Å². The van der Waals surface area contributed by atoms with E-state index in [4.69, 9.17) is 11.6 Å². The molecular formula is C24H22ClFN4. The maximum Gasteiger partial charge on any atom is 0.128 e. The van der Waals surface area contributed by atoms with Crippen molar-refractivity contribution < 1.29 is 4.39 Å².